The molecular weight excluding hydrogens is 320 g/mol. The minimum absolute atomic E-state index is 0.0485. The van der Waals surface area contributed by atoms with Crippen LogP contribution in [0.3, 0.4) is 0 Å². The number of carbonyl (C=O) groups is 2. The first-order valence-electron chi connectivity index (χ1n) is 7.21. The lowest BCUT2D eigenvalue weighted by molar-refractivity contribution is -0.137. The summed E-state index contributed by atoms with van der Waals surface area (Å²) >= 11 is 0. The van der Waals surface area contributed by atoms with Crippen LogP contribution in [0.5, 0.6) is 0 Å². The zero-order chi connectivity index (χ0) is 17.7. The molecule has 0 aliphatic rings. The molecule has 0 aliphatic heterocycles. The Morgan fingerprint density at radius 3 is 2.22 bits per heavy atom. The number of carboxylic acid groups (broad SMARTS) is 1. The van der Waals surface area contributed by atoms with Gasteiger partial charge in [-0.15, -0.1) is 0 Å². The maximum Gasteiger partial charge on any atom is 0.303 e. The van der Waals surface area contributed by atoms with E-state index in [0.717, 1.165) is 0 Å². The average molecular weight is 342 g/mol. The third-order valence-electron chi connectivity index (χ3n) is 3.18. The average Bonchev–Trinajstić information content (AvgIpc) is 2.45. The zero-order valence-electron chi connectivity index (χ0n) is 13.4. The lowest BCUT2D eigenvalue weighted by atomic mass is 9.98. The molecule has 128 valence electrons. The fourth-order valence-corrected chi connectivity index (χ4v) is 2.96. The van der Waals surface area contributed by atoms with Crippen molar-refractivity contribution in [1.29, 1.82) is 0 Å². The van der Waals surface area contributed by atoms with Gasteiger partial charge >= 0.3 is 5.97 Å². The predicted molar refractivity (Wildman–Crippen MR) is 85.7 cm³/mol. The molecule has 1 amide bonds. The molecule has 23 heavy (non-hydrogen) atoms. The van der Waals surface area contributed by atoms with Crippen LogP contribution in [0.15, 0.2) is 29.2 Å². The molecule has 0 spiro atoms. The summed E-state index contributed by atoms with van der Waals surface area (Å²) < 4.78 is 26.0. The first kappa shape index (κ1) is 19.1. The molecule has 8 heteroatoms. The number of carbonyl (C=O) groups excluding carboxylic acids is 1. The van der Waals surface area contributed by atoms with E-state index in [9.17, 15) is 18.0 Å². The summed E-state index contributed by atoms with van der Waals surface area (Å²) in [5.41, 5.74) is -0.367. The van der Waals surface area contributed by atoms with Crippen LogP contribution in [0, 0.1) is 0 Å². The van der Waals surface area contributed by atoms with Crippen LogP contribution in [0.2, 0.25) is 0 Å². The highest BCUT2D eigenvalue weighted by atomic mass is 32.2. The van der Waals surface area contributed by atoms with E-state index in [4.69, 9.17) is 5.11 Å². The van der Waals surface area contributed by atoms with Crippen LogP contribution in [0.4, 0.5) is 0 Å². The molecule has 0 aliphatic carbocycles. The van der Waals surface area contributed by atoms with Crippen molar-refractivity contribution in [3.8, 4) is 0 Å². The van der Waals surface area contributed by atoms with Crippen molar-refractivity contribution in [2.75, 3.05) is 6.54 Å². The molecule has 0 unspecified atom stereocenters. The van der Waals surface area contributed by atoms with Crippen LogP contribution < -0.4 is 10.0 Å². The van der Waals surface area contributed by atoms with Crippen molar-refractivity contribution in [3.63, 3.8) is 0 Å². The van der Waals surface area contributed by atoms with Crippen LogP contribution in [0.1, 0.15) is 44.0 Å². The van der Waals surface area contributed by atoms with Gasteiger partial charge in [-0.05, 0) is 44.5 Å². The third kappa shape index (κ3) is 5.99. The molecule has 1 rings (SSSR count). The Morgan fingerprint density at radius 1 is 1.17 bits per heavy atom. The Morgan fingerprint density at radius 2 is 1.74 bits per heavy atom. The lowest BCUT2D eigenvalue weighted by Gasteiger charge is -2.25. The van der Waals surface area contributed by atoms with E-state index in [1.54, 1.807) is 20.8 Å². The fourth-order valence-electron chi connectivity index (χ4n) is 1.92. The van der Waals surface area contributed by atoms with Crippen molar-refractivity contribution < 1.29 is 23.1 Å². The zero-order valence-corrected chi connectivity index (χ0v) is 14.2. The van der Waals surface area contributed by atoms with E-state index in [1.165, 1.54) is 24.3 Å². The number of carboxylic acids is 1. The Hall–Kier alpha value is -1.93. The maximum absolute atomic E-state index is 12.2. The molecule has 0 fully saturated rings. The van der Waals surface area contributed by atoms with Gasteiger partial charge in [-0.2, -0.15) is 0 Å². The van der Waals surface area contributed by atoms with Crippen molar-refractivity contribution in [1.82, 2.24) is 10.0 Å². The van der Waals surface area contributed by atoms with Crippen LogP contribution in [0.25, 0.3) is 0 Å². The standard InChI is InChI=1S/C15H22N2O5S/c1-4-16-23(21,22)12-7-5-11(6-8-12)14(20)17-15(2,3)10-9-13(18)19/h5-8,16H,4,9-10H2,1-3H3,(H,17,20)(H,18,19). The highest BCUT2D eigenvalue weighted by Gasteiger charge is 2.22. The maximum atomic E-state index is 12.2. The minimum atomic E-state index is -3.55. The summed E-state index contributed by atoms with van der Waals surface area (Å²) in [5.74, 6) is -1.31. The molecule has 0 saturated heterocycles. The van der Waals surface area contributed by atoms with Crippen molar-refractivity contribution in [2.24, 2.45) is 0 Å². The Labute approximate surface area is 136 Å². The molecule has 0 bridgehead atoms. The molecule has 0 heterocycles. The van der Waals surface area contributed by atoms with Gasteiger partial charge in [-0.1, -0.05) is 6.92 Å². The minimum Gasteiger partial charge on any atom is -0.481 e. The molecule has 0 atom stereocenters. The Kier molecular flexibility index (Phi) is 6.28. The van der Waals surface area contributed by atoms with Crippen molar-refractivity contribution in [3.05, 3.63) is 29.8 Å². The molecule has 0 radical (unpaired) electrons. The SMILES string of the molecule is CCNS(=O)(=O)c1ccc(C(=O)NC(C)(C)CCC(=O)O)cc1. The Bertz CT molecular complexity index is 666. The lowest BCUT2D eigenvalue weighted by Crippen LogP contribution is -2.43. The van der Waals surface area contributed by atoms with E-state index >= 15 is 0 Å². The van der Waals surface area contributed by atoms with Gasteiger partial charge in [0.15, 0.2) is 0 Å². The summed E-state index contributed by atoms with van der Waals surface area (Å²) in [6.07, 6.45) is 0.244. The third-order valence-corrected chi connectivity index (χ3v) is 4.74. The number of amides is 1. The number of nitrogens with one attached hydrogen (secondary N) is 2. The second-order valence-electron chi connectivity index (χ2n) is 5.76. The topological polar surface area (TPSA) is 113 Å². The number of sulfonamides is 1. The summed E-state index contributed by atoms with van der Waals surface area (Å²) in [7, 11) is -3.55. The summed E-state index contributed by atoms with van der Waals surface area (Å²) in [6.45, 7) is 5.43. The summed E-state index contributed by atoms with van der Waals surface area (Å²) in [5, 5.41) is 11.4. The van der Waals surface area contributed by atoms with Gasteiger partial charge in [0.25, 0.3) is 5.91 Å². The normalized spacial score (nSPS) is 12.0. The molecule has 1 aromatic carbocycles. The second kappa shape index (κ2) is 7.56. The fraction of sp³-hybridized carbons (Fsp3) is 0.467. The highest BCUT2D eigenvalue weighted by molar-refractivity contribution is 7.89. The molecule has 3 N–H and O–H groups in total. The van der Waals surface area contributed by atoms with Crippen LogP contribution in [-0.2, 0) is 14.8 Å². The quantitative estimate of drug-likeness (QED) is 0.660. The largest absolute Gasteiger partial charge is 0.481 e. The van der Waals surface area contributed by atoms with Gasteiger partial charge in [0, 0.05) is 24.1 Å². The number of rotatable bonds is 8. The van der Waals surface area contributed by atoms with Crippen molar-refractivity contribution in [2.45, 2.75) is 44.0 Å². The summed E-state index contributed by atoms with van der Waals surface area (Å²) in [4.78, 5) is 22.9. The molecule has 0 saturated carbocycles. The molecular formula is C15H22N2O5S. The van der Waals surface area contributed by atoms with E-state index in [1.807, 2.05) is 0 Å². The van der Waals surface area contributed by atoms with Gasteiger partial charge in [-0.3, -0.25) is 9.59 Å². The van der Waals surface area contributed by atoms with E-state index in [2.05, 4.69) is 10.0 Å². The van der Waals surface area contributed by atoms with E-state index in [0.29, 0.717) is 12.0 Å². The smallest absolute Gasteiger partial charge is 0.303 e. The predicted octanol–water partition coefficient (Wildman–Crippen LogP) is 1.36. The van der Waals surface area contributed by atoms with Gasteiger partial charge in [-0.25, -0.2) is 13.1 Å². The van der Waals surface area contributed by atoms with Gasteiger partial charge in [0.05, 0.1) is 4.90 Å². The highest BCUT2D eigenvalue weighted by Crippen LogP contribution is 2.14. The van der Waals surface area contributed by atoms with E-state index in [-0.39, 0.29) is 23.8 Å². The van der Waals surface area contributed by atoms with Crippen LogP contribution >= 0.6 is 0 Å². The monoisotopic (exact) mass is 342 g/mol. The molecule has 1 aromatic rings. The Balaban J connectivity index is 2.80. The second-order valence-corrected chi connectivity index (χ2v) is 7.52. The first-order chi connectivity index (χ1) is 10.6. The van der Waals surface area contributed by atoms with Gasteiger partial charge in [0.2, 0.25) is 10.0 Å². The number of benzene rings is 1. The number of aliphatic carboxylic acids is 1. The van der Waals surface area contributed by atoms with Crippen molar-refractivity contribution >= 4 is 21.9 Å². The molecule has 0 aromatic heterocycles. The van der Waals surface area contributed by atoms with E-state index < -0.39 is 21.5 Å². The first-order valence-corrected chi connectivity index (χ1v) is 8.70. The van der Waals surface area contributed by atoms with Crippen LogP contribution in [-0.4, -0.2) is 37.5 Å². The number of hydrogen-bond donors (Lipinski definition) is 3. The number of hydrogen-bond acceptors (Lipinski definition) is 4. The van der Waals surface area contributed by atoms with Gasteiger partial charge < -0.3 is 10.4 Å². The summed E-state index contributed by atoms with van der Waals surface area (Å²) in [6, 6.07) is 5.56. The molecule has 7 nitrogen and oxygen atoms in total. The van der Waals surface area contributed by atoms with Gasteiger partial charge in [0.1, 0.15) is 0 Å².